The number of fused-ring (bicyclic) bond motifs is 1. The molecule has 6 nitrogen and oxygen atoms in total. The molecule has 0 aliphatic carbocycles. The molecule has 41 heavy (non-hydrogen) atoms. The van der Waals surface area contributed by atoms with E-state index in [9.17, 15) is 9.18 Å². The minimum absolute atomic E-state index is 0.166. The highest BCUT2D eigenvalue weighted by Crippen LogP contribution is 2.42. The van der Waals surface area contributed by atoms with Gasteiger partial charge < -0.3 is 20.1 Å². The molecule has 0 spiro atoms. The van der Waals surface area contributed by atoms with Crippen LogP contribution in [-0.4, -0.2) is 32.0 Å². The Labute approximate surface area is 243 Å². The maximum atomic E-state index is 13.3. The molecule has 0 saturated carbocycles. The second kappa shape index (κ2) is 11.1. The Kier molecular flexibility index (Phi) is 7.24. The van der Waals surface area contributed by atoms with Gasteiger partial charge in [0.05, 0.1) is 23.5 Å². The molecular weight excluding hydrogens is 533 g/mol. The third-order valence-electron chi connectivity index (χ3n) is 7.70. The van der Waals surface area contributed by atoms with Crippen LogP contribution in [-0.2, 0) is 4.79 Å². The van der Waals surface area contributed by atoms with Crippen molar-refractivity contribution in [3.63, 3.8) is 0 Å². The Morgan fingerprint density at radius 1 is 1.00 bits per heavy atom. The number of aryl methyl sites for hydroxylation is 1. The predicted molar refractivity (Wildman–Crippen MR) is 165 cm³/mol. The topological polar surface area (TPSA) is 62.2 Å². The summed E-state index contributed by atoms with van der Waals surface area (Å²) in [6.45, 7) is 4.67. The standard InChI is InChI=1S/C33H30FN5OS/c1-21-20-27(22(2)39(21)29-12-7-9-23-8-3-4-10-26(23)29)32-31(28-11-5-6-18-35-28)37-33(41)38(32)19-17-30(40)36-25-15-13-24(34)14-16-25/h3-16,18,20,31-32H,17,19H2,1-2H3,(H,36,40)(H,37,41)/t31-,32-/m1/s1. The molecule has 1 saturated heterocycles. The number of aromatic nitrogens is 2. The van der Waals surface area contributed by atoms with Gasteiger partial charge in [0, 0.05) is 41.6 Å². The summed E-state index contributed by atoms with van der Waals surface area (Å²) >= 11 is 5.84. The first kappa shape index (κ1) is 26.7. The second-order valence-electron chi connectivity index (χ2n) is 10.3. The molecule has 1 amide bonds. The molecule has 1 aliphatic heterocycles. The Morgan fingerprint density at radius 3 is 2.54 bits per heavy atom. The number of carbonyl (C=O) groups excluding carboxylic acids is 1. The number of pyridine rings is 1. The predicted octanol–water partition coefficient (Wildman–Crippen LogP) is 6.78. The number of nitrogens with zero attached hydrogens (tertiary/aromatic N) is 3. The van der Waals surface area contributed by atoms with E-state index in [4.69, 9.17) is 12.2 Å². The minimum Gasteiger partial charge on any atom is -0.352 e. The average Bonchev–Trinajstić information content (AvgIpc) is 3.47. The van der Waals surface area contributed by atoms with Crippen molar-refractivity contribution in [2.75, 3.05) is 11.9 Å². The van der Waals surface area contributed by atoms with E-state index >= 15 is 0 Å². The number of rotatable bonds is 7. The number of hydrogen-bond acceptors (Lipinski definition) is 3. The van der Waals surface area contributed by atoms with Gasteiger partial charge in [-0.15, -0.1) is 0 Å². The first-order chi connectivity index (χ1) is 19.9. The highest BCUT2D eigenvalue weighted by atomic mass is 32.1. The van der Waals surface area contributed by atoms with Crippen LogP contribution in [0.4, 0.5) is 10.1 Å². The van der Waals surface area contributed by atoms with Crippen molar-refractivity contribution >= 4 is 39.7 Å². The van der Waals surface area contributed by atoms with E-state index in [0.717, 1.165) is 28.3 Å². The van der Waals surface area contributed by atoms with Crippen LogP contribution in [0.2, 0.25) is 0 Å². The van der Waals surface area contributed by atoms with Gasteiger partial charge in [-0.25, -0.2) is 4.39 Å². The van der Waals surface area contributed by atoms with Crippen molar-refractivity contribution in [1.29, 1.82) is 0 Å². The Hall–Kier alpha value is -4.56. The van der Waals surface area contributed by atoms with E-state index in [-0.39, 0.29) is 30.2 Å². The molecule has 0 bridgehead atoms. The third kappa shape index (κ3) is 5.18. The molecule has 5 aromatic rings. The van der Waals surface area contributed by atoms with E-state index < -0.39 is 0 Å². The molecule has 2 aromatic heterocycles. The summed E-state index contributed by atoms with van der Waals surface area (Å²) < 4.78 is 15.6. The molecule has 2 atom stereocenters. The van der Waals surface area contributed by atoms with Crippen LogP contribution in [0.15, 0.2) is 97.2 Å². The van der Waals surface area contributed by atoms with Gasteiger partial charge in [-0.05, 0) is 85.5 Å². The molecule has 0 unspecified atom stereocenters. The van der Waals surface area contributed by atoms with Gasteiger partial charge in [-0.2, -0.15) is 0 Å². The van der Waals surface area contributed by atoms with Crippen molar-refractivity contribution in [3.8, 4) is 5.69 Å². The van der Waals surface area contributed by atoms with Crippen molar-refractivity contribution in [2.45, 2.75) is 32.4 Å². The van der Waals surface area contributed by atoms with Crippen LogP contribution < -0.4 is 10.6 Å². The largest absolute Gasteiger partial charge is 0.352 e. The molecular formula is C33H30FN5OS. The fourth-order valence-electron chi connectivity index (χ4n) is 5.82. The zero-order valence-corrected chi connectivity index (χ0v) is 23.7. The van der Waals surface area contributed by atoms with Crippen molar-refractivity contribution in [2.24, 2.45) is 0 Å². The Bertz CT molecular complexity index is 1730. The molecule has 206 valence electrons. The van der Waals surface area contributed by atoms with Gasteiger partial charge >= 0.3 is 0 Å². The molecule has 6 rings (SSSR count). The van der Waals surface area contributed by atoms with Crippen molar-refractivity contribution in [3.05, 3.63) is 126 Å². The number of nitrogens with one attached hydrogen (secondary N) is 2. The quantitative estimate of drug-likeness (QED) is 0.214. The fourth-order valence-corrected chi connectivity index (χ4v) is 6.16. The first-order valence-electron chi connectivity index (χ1n) is 13.6. The summed E-state index contributed by atoms with van der Waals surface area (Å²) in [6, 6.07) is 28.3. The second-order valence-corrected chi connectivity index (χ2v) is 10.7. The molecule has 8 heteroatoms. The van der Waals surface area contributed by atoms with E-state index in [1.165, 1.54) is 22.9 Å². The third-order valence-corrected chi connectivity index (χ3v) is 8.05. The highest BCUT2D eigenvalue weighted by molar-refractivity contribution is 7.80. The maximum Gasteiger partial charge on any atom is 0.226 e. The Balaban J connectivity index is 1.36. The Morgan fingerprint density at radius 2 is 1.76 bits per heavy atom. The van der Waals surface area contributed by atoms with Crippen LogP contribution in [0.3, 0.4) is 0 Å². The van der Waals surface area contributed by atoms with E-state index in [1.54, 1.807) is 18.3 Å². The number of thiocarbonyl (C=S) groups is 1. The lowest BCUT2D eigenvalue weighted by atomic mass is 9.96. The van der Waals surface area contributed by atoms with Gasteiger partial charge in [-0.3, -0.25) is 9.78 Å². The summed E-state index contributed by atoms with van der Waals surface area (Å²) in [5, 5.41) is 9.28. The van der Waals surface area contributed by atoms with Gasteiger partial charge in [0.25, 0.3) is 0 Å². The first-order valence-corrected chi connectivity index (χ1v) is 14.0. The smallest absolute Gasteiger partial charge is 0.226 e. The van der Waals surface area contributed by atoms with Gasteiger partial charge in [0.15, 0.2) is 5.11 Å². The van der Waals surface area contributed by atoms with Crippen LogP contribution in [0.25, 0.3) is 16.5 Å². The fraction of sp³-hybridized carbons (Fsp3) is 0.182. The average molecular weight is 564 g/mol. The van der Waals surface area contributed by atoms with Gasteiger partial charge in [-0.1, -0.05) is 42.5 Å². The summed E-state index contributed by atoms with van der Waals surface area (Å²) in [5.41, 5.74) is 5.90. The molecule has 1 aliphatic rings. The van der Waals surface area contributed by atoms with E-state index in [0.29, 0.717) is 17.3 Å². The summed E-state index contributed by atoms with van der Waals surface area (Å²) in [5.74, 6) is -0.512. The molecule has 0 radical (unpaired) electrons. The molecule has 3 heterocycles. The number of amides is 1. The lowest BCUT2D eigenvalue weighted by Gasteiger charge is -2.28. The van der Waals surface area contributed by atoms with Gasteiger partial charge in [0.1, 0.15) is 5.82 Å². The van der Waals surface area contributed by atoms with Crippen LogP contribution in [0.5, 0.6) is 0 Å². The van der Waals surface area contributed by atoms with E-state index in [1.807, 2.05) is 18.2 Å². The molecule has 1 fully saturated rings. The number of hydrogen-bond donors (Lipinski definition) is 2. The summed E-state index contributed by atoms with van der Waals surface area (Å²) in [4.78, 5) is 19.6. The van der Waals surface area contributed by atoms with Crippen LogP contribution >= 0.6 is 12.2 Å². The summed E-state index contributed by atoms with van der Waals surface area (Å²) in [7, 11) is 0. The van der Waals surface area contributed by atoms with Crippen LogP contribution in [0.1, 0.15) is 41.1 Å². The maximum absolute atomic E-state index is 13.3. The normalized spacial score (nSPS) is 16.7. The van der Waals surface area contributed by atoms with Gasteiger partial charge in [0.2, 0.25) is 5.91 Å². The van der Waals surface area contributed by atoms with Crippen molar-refractivity contribution in [1.82, 2.24) is 19.8 Å². The van der Waals surface area contributed by atoms with Crippen LogP contribution in [0, 0.1) is 19.7 Å². The number of carbonyl (C=O) groups is 1. The lowest BCUT2D eigenvalue weighted by Crippen LogP contribution is -2.32. The number of anilines is 1. The summed E-state index contributed by atoms with van der Waals surface area (Å²) in [6.07, 6.45) is 2.00. The zero-order chi connectivity index (χ0) is 28.5. The minimum atomic E-state index is -0.346. The molecule has 3 aromatic carbocycles. The number of halogens is 1. The molecule has 2 N–H and O–H groups in total. The monoisotopic (exact) mass is 563 g/mol. The SMILES string of the molecule is Cc1cc([C@@H]2[C@@H](c3ccccn3)NC(=S)N2CCC(=O)Nc2ccc(F)cc2)c(C)n1-c1cccc2ccccc12. The van der Waals surface area contributed by atoms with Crippen molar-refractivity contribution < 1.29 is 9.18 Å². The number of benzene rings is 3. The zero-order valence-electron chi connectivity index (χ0n) is 22.8. The lowest BCUT2D eigenvalue weighted by molar-refractivity contribution is -0.116. The highest BCUT2D eigenvalue weighted by Gasteiger charge is 2.41. The van der Waals surface area contributed by atoms with E-state index in [2.05, 4.69) is 87.5 Å².